The Kier molecular flexibility index (Phi) is 10.1. The number of amides is 1. The van der Waals surface area contributed by atoms with Crippen LogP contribution in [0.5, 0.6) is 0 Å². The molecule has 3 rings (SSSR count). The van der Waals surface area contributed by atoms with E-state index in [4.69, 9.17) is 4.74 Å². The summed E-state index contributed by atoms with van der Waals surface area (Å²) in [6.07, 6.45) is -16.1. The van der Waals surface area contributed by atoms with Crippen LogP contribution in [0, 0.1) is 11.3 Å². The number of alkyl halides is 9. The monoisotopic (exact) mass is 576 g/mol. The molecule has 4 nitrogen and oxygen atoms in total. The molecular weight excluding hydrogens is 554 g/mol. The zero-order valence-electron chi connectivity index (χ0n) is 21.9. The molecule has 0 unspecified atom stereocenters. The second kappa shape index (κ2) is 12.0. The van der Waals surface area contributed by atoms with Gasteiger partial charge in [-0.05, 0) is 67.3 Å². The molecule has 0 radical (unpaired) electrons. The van der Waals surface area contributed by atoms with E-state index in [0.29, 0.717) is 24.3 Å². The Balaban J connectivity index is 0.00000400. The second-order valence-electron chi connectivity index (χ2n) is 8.69. The largest absolute Gasteiger partial charge is 1.00 e. The van der Waals surface area contributed by atoms with Gasteiger partial charge in [0.2, 0.25) is 0 Å². The van der Waals surface area contributed by atoms with E-state index in [-0.39, 0.29) is 67.7 Å². The average Bonchev–Trinajstić information content (AvgIpc) is 2.82. The quantitative estimate of drug-likeness (QED) is 0.362. The standard InChI is InChI=1S/C25H21F9N2O2.Na.H/c1-3-17-11-18(19-10-14(23(26,27)28)5-6-21(19)36(17)22(37)38-4-2)20(12-35)13-7-15(24(29,30)31)9-16(8-13)25(32,33)34;;/h5-10,17-18,20H,3-4,11H2,1-2H3;;/q;+1;-1/t17-,18-,20+;;/m1../s1. The molecule has 1 heterocycles. The summed E-state index contributed by atoms with van der Waals surface area (Å²) in [5.41, 5.74) is -5.39. The number of carbonyl (C=O) groups excluding carboxylic acids is 1. The molecular formula is C25H22F9N2NaO2. The van der Waals surface area contributed by atoms with Crippen LogP contribution in [0.4, 0.5) is 50.0 Å². The maximum Gasteiger partial charge on any atom is 1.00 e. The number of fused-ring (bicyclic) bond motifs is 1. The van der Waals surface area contributed by atoms with Crippen LogP contribution in [0.2, 0.25) is 0 Å². The predicted octanol–water partition coefficient (Wildman–Crippen LogP) is 5.40. The Morgan fingerprint density at radius 3 is 1.95 bits per heavy atom. The van der Waals surface area contributed by atoms with E-state index >= 15 is 0 Å². The molecule has 1 aliphatic heterocycles. The van der Waals surface area contributed by atoms with Crippen LogP contribution in [-0.2, 0) is 23.3 Å². The van der Waals surface area contributed by atoms with Crippen molar-refractivity contribution in [1.29, 1.82) is 5.26 Å². The summed E-state index contributed by atoms with van der Waals surface area (Å²) in [6.45, 7) is 3.09. The molecule has 0 N–H and O–H groups in total. The molecule has 0 fully saturated rings. The first-order valence-electron chi connectivity index (χ1n) is 11.4. The van der Waals surface area contributed by atoms with Crippen molar-refractivity contribution in [1.82, 2.24) is 0 Å². The number of benzene rings is 2. The number of nitrogens with zero attached hydrogens (tertiary/aromatic N) is 2. The van der Waals surface area contributed by atoms with E-state index in [1.807, 2.05) is 0 Å². The first-order valence-corrected chi connectivity index (χ1v) is 11.4. The molecule has 14 heteroatoms. The number of carbonyl (C=O) groups is 1. The minimum absolute atomic E-state index is 0. The predicted molar refractivity (Wildman–Crippen MR) is 118 cm³/mol. The number of ether oxygens (including phenoxy) is 1. The van der Waals surface area contributed by atoms with Gasteiger partial charge < -0.3 is 6.16 Å². The van der Waals surface area contributed by atoms with Crippen LogP contribution in [0.1, 0.15) is 67.8 Å². The summed E-state index contributed by atoms with van der Waals surface area (Å²) >= 11 is 0. The zero-order chi connectivity index (χ0) is 28.6. The van der Waals surface area contributed by atoms with E-state index in [2.05, 4.69) is 0 Å². The Morgan fingerprint density at radius 1 is 0.974 bits per heavy atom. The van der Waals surface area contributed by atoms with Crippen molar-refractivity contribution in [3.05, 3.63) is 64.2 Å². The second-order valence-corrected chi connectivity index (χ2v) is 8.69. The molecule has 1 amide bonds. The molecule has 0 aromatic heterocycles. The molecule has 3 atom stereocenters. The molecule has 0 aliphatic carbocycles. The van der Waals surface area contributed by atoms with Crippen LogP contribution in [0.25, 0.3) is 0 Å². The maximum atomic E-state index is 13.6. The van der Waals surface area contributed by atoms with E-state index < -0.39 is 64.8 Å². The smallest absolute Gasteiger partial charge is 1.00 e. The molecule has 0 bridgehead atoms. The topological polar surface area (TPSA) is 53.3 Å². The van der Waals surface area contributed by atoms with Crippen molar-refractivity contribution >= 4 is 11.8 Å². The first kappa shape index (κ1) is 32.8. The van der Waals surface area contributed by atoms with Gasteiger partial charge in [0, 0.05) is 12.0 Å². The molecule has 2 aromatic rings. The minimum atomic E-state index is -5.18. The van der Waals surface area contributed by atoms with Gasteiger partial charge in [0.25, 0.3) is 0 Å². The molecule has 0 spiro atoms. The number of anilines is 1. The number of rotatable bonds is 4. The Labute approximate surface area is 241 Å². The van der Waals surface area contributed by atoms with Gasteiger partial charge in [-0.1, -0.05) is 6.92 Å². The number of hydrogen-bond donors (Lipinski definition) is 0. The van der Waals surface area contributed by atoms with Gasteiger partial charge >= 0.3 is 54.2 Å². The van der Waals surface area contributed by atoms with Crippen LogP contribution in [0.15, 0.2) is 36.4 Å². The fourth-order valence-corrected chi connectivity index (χ4v) is 4.63. The van der Waals surface area contributed by atoms with Gasteiger partial charge in [0.05, 0.1) is 41.0 Å². The molecule has 39 heavy (non-hydrogen) atoms. The Hall–Kier alpha value is -2.43. The SMILES string of the molecule is CCOC(=O)N1c2ccc(C(F)(F)F)cc2[C@H]([C@@H](C#N)c2cc(C(F)(F)F)cc(C(F)(F)F)c2)C[C@H]1CC.[H-].[Na+]. The van der Waals surface area contributed by atoms with Crippen molar-refractivity contribution in [3.8, 4) is 6.07 Å². The van der Waals surface area contributed by atoms with Crippen LogP contribution in [-0.4, -0.2) is 18.7 Å². The third kappa shape index (κ3) is 7.02. The fourth-order valence-electron chi connectivity index (χ4n) is 4.63. The summed E-state index contributed by atoms with van der Waals surface area (Å²) in [4.78, 5) is 13.8. The van der Waals surface area contributed by atoms with Crippen LogP contribution in [0.3, 0.4) is 0 Å². The molecule has 0 saturated heterocycles. The Bertz CT molecular complexity index is 1210. The summed E-state index contributed by atoms with van der Waals surface area (Å²) < 4.78 is 126. The molecule has 208 valence electrons. The average molecular weight is 576 g/mol. The van der Waals surface area contributed by atoms with Crippen LogP contribution < -0.4 is 34.5 Å². The number of hydrogen-bond acceptors (Lipinski definition) is 3. The summed E-state index contributed by atoms with van der Waals surface area (Å²) in [5, 5.41) is 9.95. The van der Waals surface area contributed by atoms with Crippen molar-refractivity contribution in [2.24, 2.45) is 0 Å². The van der Waals surface area contributed by atoms with Crippen LogP contribution >= 0.6 is 0 Å². The number of nitriles is 1. The molecule has 1 aliphatic rings. The normalized spacial score (nSPS) is 18.5. The zero-order valence-corrected chi connectivity index (χ0v) is 22.9. The van der Waals surface area contributed by atoms with Gasteiger partial charge in [0.15, 0.2) is 0 Å². The maximum absolute atomic E-state index is 13.6. The number of halogens is 9. The van der Waals surface area contributed by atoms with E-state index in [0.717, 1.165) is 11.0 Å². The van der Waals surface area contributed by atoms with Crippen molar-refractivity contribution < 1.29 is 80.0 Å². The summed E-state index contributed by atoms with van der Waals surface area (Å²) in [5.74, 6) is -2.96. The van der Waals surface area contributed by atoms with Crippen molar-refractivity contribution in [3.63, 3.8) is 0 Å². The van der Waals surface area contributed by atoms with Gasteiger partial charge in [-0.3, -0.25) is 4.90 Å². The Morgan fingerprint density at radius 2 is 1.51 bits per heavy atom. The van der Waals surface area contributed by atoms with Gasteiger partial charge in [-0.25, -0.2) is 4.79 Å². The summed E-state index contributed by atoms with van der Waals surface area (Å²) in [7, 11) is 0. The van der Waals surface area contributed by atoms with Gasteiger partial charge in [0.1, 0.15) is 0 Å². The van der Waals surface area contributed by atoms with Crippen molar-refractivity contribution in [2.75, 3.05) is 11.5 Å². The molecule has 2 aromatic carbocycles. The van der Waals surface area contributed by atoms with E-state index in [9.17, 15) is 49.6 Å². The van der Waals surface area contributed by atoms with Gasteiger partial charge in [-0.2, -0.15) is 44.8 Å². The first-order chi connectivity index (χ1) is 17.5. The molecule has 0 saturated carbocycles. The minimum Gasteiger partial charge on any atom is -1.00 e. The fraction of sp³-hybridized carbons (Fsp3) is 0.440. The third-order valence-electron chi connectivity index (χ3n) is 6.35. The summed E-state index contributed by atoms with van der Waals surface area (Å²) in [6, 6.07) is 4.02. The van der Waals surface area contributed by atoms with Gasteiger partial charge in [-0.15, -0.1) is 0 Å². The van der Waals surface area contributed by atoms with E-state index in [1.165, 1.54) is 6.92 Å². The van der Waals surface area contributed by atoms with Crippen molar-refractivity contribution in [2.45, 2.75) is 63.1 Å². The van der Waals surface area contributed by atoms with E-state index in [1.54, 1.807) is 13.0 Å². The third-order valence-corrected chi connectivity index (χ3v) is 6.35.